The normalized spacial score (nSPS) is 12.3. The van der Waals surface area contributed by atoms with Crippen LogP contribution in [0.3, 0.4) is 0 Å². The third kappa shape index (κ3) is 5.88. The Morgan fingerprint density at radius 2 is 1.83 bits per heavy atom. The van der Waals surface area contributed by atoms with Gasteiger partial charge in [-0.25, -0.2) is 4.68 Å². The molecule has 0 aliphatic carbocycles. The molecule has 2 rings (SSSR count). The number of alkyl halides is 3. The Labute approximate surface area is 189 Å². The van der Waals surface area contributed by atoms with E-state index in [-0.39, 0.29) is 28.7 Å². The fourth-order valence-corrected chi connectivity index (χ4v) is 3.20. The van der Waals surface area contributed by atoms with Crippen molar-refractivity contribution in [3.05, 3.63) is 46.4 Å². The van der Waals surface area contributed by atoms with E-state index < -0.39 is 9.96 Å². The van der Waals surface area contributed by atoms with Gasteiger partial charge < -0.3 is 16.0 Å². The number of amides is 1. The van der Waals surface area contributed by atoms with Crippen molar-refractivity contribution in [1.29, 1.82) is 0 Å². The number of aromatic nitrogens is 2. The SMILES string of the molecule is CCCC(=O)N[C@@H](NC(=S)Nc1c(C)n(C)n(-c2ccccc2)c1=O)C(Cl)(Cl)Cl. The number of rotatable bonds is 6. The number of carbonyl (C=O) groups is 1. The van der Waals surface area contributed by atoms with Crippen LogP contribution < -0.4 is 21.5 Å². The summed E-state index contributed by atoms with van der Waals surface area (Å²) in [6, 6.07) is 9.20. The van der Waals surface area contributed by atoms with Gasteiger partial charge in [-0.15, -0.1) is 0 Å². The van der Waals surface area contributed by atoms with Gasteiger partial charge >= 0.3 is 0 Å². The number of benzene rings is 1. The minimum atomic E-state index is -1.86. The maximum absolute atomic E-state index is 12.9. The highest BCUT2D eigenvalue weighted by Crippen LogP contribution is 2.29. The second kappa shape index (κ2) is 9.84. The Bertz CT molecular complexity index is 937. The lowest BCUT2D eigenvalue weighted by molar-refractivity contribution is -0.121. The minimum Gasteiger partial charge on any atom is -0.339 e. The zero-order chi connectivity index (χ0) is 21.8. The molecule has 0 saturated heterocycles. The zero-order valence-corrected chi connectivity index (χ0v) is 19.2. The molecule has 0 aliphatic heterocycles. The molecule has 1 amide bonds. The van der Waals surface area contributed by atoms with Crippen LogP contribution in [0.25, 0.3) is 5.69 Å². The molecule has 0 radical (unpaired) electrons. The molecule has 0 aliphatic rings. The molecule has 29 heavy (non-hydrogen) atoms. The summed E-state index contributed by atoms with van der Waals surface area (Å²) in [4.78, 5) is 24.8. The van der Waals surface area contributed by atoms with E-state index in [1.54, 1.807) is 18.7 Å². The standard InChI is InChI=1S/C18H22Cl3N5O2S/c1-4-8-13(27)22-16(18(19,20)21)24-17(29)23-14-11(2)25(3)26(15(14)28)12-9-6-5-7-10-12/h5-7,9-10,16H,4,8H2,1-3H3,(H,22,27)(H2,23,24,29)/t16-/m0/s1. The van der Waals surface area contributed by atoms with Crippen LogP contribution in [-0.2, 0) is 11.8 Å². The summed E-state index contributed by atoms with van der Waals surface area (Å²) in [5.74, 6) is -0.290. The Balaban J connectivity index is 2.24. The average Bonchev–Trinajstić information content (AvgIpc) is 2.85. The van der Waals surface area contributed by atoms with Gasteiger partial charge in [0.15, 0.2) is 5.11 Å². The molecule has 1 aromatic carbocycles. The monoisotopic (exact) mass is 477 g/mol. The predicted molar refractivity (Wildman–Crippen MR) is 122 cm³/mol. The first-order valence-electron chi connectivity index (χ1n) is 8.83. The van der Waals surface area contributed by atoms with Crippen LogP contribution in [-0.4, -0.2) is 30.3 Å². The van der Waals surface area contributed by atoms with Crippen molar-refractivity contribution < 1.29 is 4.79 Å². The highest BCUT2D eigenvalue weighted by molar-refractivity contribution is 7.80. The smallest absolute Gasteiger partial charge is 0.295 e. The number of nitrogens with zero attached hydrogens (tertiary/aromatic N) is 2. The van der Waals surface area contributed by atoms with Crippen molar-refractivity contribution >= 4 is 63.7 Å². The van der Waals surface area contributed by atoms with E-state index in [1.807, 2.05) is 37.3 Å². The second-order valence-electron chi connectivity index (χ2n) is 6.33. The van der Waals surface area contributed by atoms with E-state index in [9.17, 15) is 9.59 Å². The van der Waals surface area contributed by atoms with Crippen molar-refractivity contribution in [3.8, 4) is 5.69 Å². The molecule has 1 heterocycles. The van der Waals surface area contributed by atoms with Crippen molar-refractivity contribution in [3.63, 3.8) is 0 Å². The van der Waals surface area contributed by atoms with Gasteiger partial charge in [-0.1, -0.05) is 59.9 Å². The van der Waals surface area contributed by atoms with Crippen molar-refractivity contribution in [2.24, 2.45) is 7.05 Å². The van der Waals surface area contributed by atoms with Gasteiger partial charge in [0.2, 0.25) is 9.70 Å². The van der Waals surface area contributed by atoms with E-state index in [1.165, 1.54) is 4.68 Å². The summed E-state index contributed by atoms with van der Waals surface area (Å²) in [6.45, 7) is 3.64. The minimum absolute atomic E-state index is 0.0316. The summed E-state index contributed by atoms with van der Waals surface area (Å²) < 4.78 is 1.36. The van der Waals surface area contributed by atoms with Crippen LogP contribution in [0.5, 0.6) is 0 Å². The van der Waals surface area contributed by atoms with Gasteiger partial charge in [-0.3, -0.25) is 14.3 Å². The van der Waals surface area contributed by atoms with E-state index in [2.05, 4.69) is 16.0 Å². The molecule has 3 N–H and O–H groups in total. The van der Waals surface area contributed by atoms with Gasteiger partial charge in [0.05, 0.1) is 11.4 Å². The van der Waals surface area contributed by atoms with Gasteiger partial charge in [0.25, 0.3) is 5.56 Å². The fourth-order valence-electron chi connectivity index (χ4n) is 2.65. The Morgan fingerprint density at radius 1 is 1.21 bits per heavy atom. The molecule has 11 heteroatoms. The lowest BCUT2D eigenvalue weighted by Crippen LogP contribution is -2.56. The number of thiocarbonyl (C=S) groups is 1. The highest BCUT2D eigenvalue weighted by Gasteiger charge is 2.34. The van der Waals surface area contributed by atoms with Gasteiger partial charge in [0, 0.05) is 13.5 Å². The van der Waals surface area contributed by atoms with E-state index in [4.69, 9.17) is 47.0 Å². The summed E-state index contributed by atoms with van der Waals surface area (Å²) in [7, 11) is 1.76. The fraction of sp³-hybridized carbons (Fsp3) is 0.389. The summed E-state index contributed by atoms with van der Waals surface area (Å²) in [5, 5.41) is 8.22. The zero-order valence-electron chi connectivity index (χ0n) is 16.1. The summed E-state index contributed by atoms with van der Waals surface area (Å²) in [5.41, 5.74) is 1.35. The van der Waals surface area contributed by atoms with E-state index in [0.29, 0.717) is 17.8 Å². The third-order valence-electron chi connectivity index (χ3n) is 4.18. The third-order valence-corrected chi connectivity index (χ3v) is 5.05. The van der Waals surface area contributed by atoms with Crippen LogP contribution in [0.4, 0.5) is 5.69 Å². The molecule has 0 saturated carbocycles. The molecule has 158 valence electrons. The van der Waals surface area contributed by atoms with Gasteiger partial charge in [-0.2, -0.15) is 0 Å². The molecule has 0 fully saturated rings. The molecule has 2 aromatic rings. The van der Waals surface area contributed by atoms with E-state index >= 15 is 0 Å². The first-order valence-corrected chi connectivity index (χ1v) is 10.4. The van der Waals surface area contributed by atoms with Gasteiger partial charge in [0.1, 0.15) is 11.9 Å². The molecule has 0 spiro atoms. The number of para-hydroxylation sites is 1. The lowest BCUT2D eigenvalue weighted by atomic mass is 10.3. The average molecular weight is 479 g/mol. The number of anilines is 1. The van der Waals surface area contributed by atoms with Crippen LogP contribution in [0.15, 0.2) is 35.1 Å². The Kier molecular flexibility index (Phi) is 7.99. The summed E-state index contributed by atoms with van der Waals surface area (Å²) in [6.07, 6.45) is -0.158. The largest absolute Gasteiger partial charge is 0.339 e. The molecule has 1 atom stereocenters. The summed E-state index contributed by atoms with van der Waals surface area (Å²) >= 11 is 23.2. The quantitative estimate of drug-likeness (QED) is 0.337. The maximum Gasteiger partial charge on any atom is 0.295 e. The van der Waals surface area contributed by atoms with Gasteiger partial charge in [-0.05, 0) is 37.7 Å². The number of hydrogen-bond acceptors (Lipinski definition) is 3. The first-order chi connectivity index (χ1) is 13.6. The molecule has 0 bridgehead atoms. The predicted octanol–water partition coefficient (Wildman–Crippen LogP) is 3.38. The number of carbonyl (C=O) groups excluding carboxylic acids is 1. The Morgan fingerprint density at radius 3 is 2.38 bits per heavy atom. The van der Waals surface area contributed by atoms with Crippen molar-refractivity contribution in [2.45, 2.75) is 36.6 Å². The van der Waals surface area contributed by atoms with Crippen molar-refractivity contribution in [2.75, 3.05) is 5.32 Å². The van der Waals surface area contributed by atoms with Crippen LogP contribution >= 0.6 is 47.0 Å². The number of hydrogen-bond donors (Lipinski definition) is 3. The first kappa shape index (κ1) is 23.5. The molecule has 7 nitrogen and oxygen atoms in total. The second-order valence-corrected chi connectivity index (χ2v) is 9.10. The van der Waals surface area contributed by atoms with Crippen LogP contribution in [0, 0.1) is 6.92 Å². The number of nitrogens with one attached hydrogen (secondary N) is 3. The number of halogens is 3. The topological polar surface area (TPSA) is 80.1 Å². The molecule has 1 aromatic heterocycles. The van der Waals surface area contributed by atoms with E-state index in [0.717, 1.165) is 0 Å². The van der Waals surface area contributed by atoms with Crippen LogP contribution in [0.2, 0.25) is 0 Å². The van der Waals surface area contributed by atoms with Crippen molar-refractivity contribution in [1.82, 2.24) is 20.0 Å². The molecule has 0 unspecified atom stereocenters. The maximum atomic E-state index is 12.9. The molecular weight excluding hydrogens is 457 g/mol. The molecular formula is C18H22Cl3N5O2S. The van der Waals surface area contributed by atoms with Crippen LogP contribution in [0.1, 0.15) is 25.5 Å². The lowest BCUT2D eigenvalue weighted by Gasteiger charge is -2.27. The Hall–Kier alpha value is -1.74. The highest BCUT2D eigenvalue weighted by atomic mass is 35.6.